The molecule has 2 nitrogen and oxygen atoms in total. The highest BCUT2D eigenvalue weighted by molar-refractivity contribution is 5.76. The fourth-order valence-electron chi connectivity index (χ4n) is 3.20. The number of carbonyl (C=O) groups is 1. The van der Waals surface area contributed by atoms with Gasteiger partial charge in [-0.15, -0.1) is 0 Å². The summed E-state index contributed by atoms with van der Waals surface area (Å²) in [6.07, 6.45) is 1.82. The maximum absolute atomic E-state index is 12.3. The van der Waals surface area contributed by atoms with Crippen molar-refractivity contribution in [3.8, 4) is 0 Å². The van der Waals surface area contributed by atoms with Crippen LogP contribution in [0.4, 0.5) is 13.2 Å². The molecule has 2 saturated carbocycles. The third kappa shape index (κ3) is 2.93. The van der Waals surface area contributed by atoms with Crippen molar-refractivity contribution < 1.29 is 22.7 Å². The Labute approximate surface area is 98.5 Å². The Morgan fingerprint density at radius 2 is 1.76 bits per heavy atom. The van der Waals surface area contributed by atoms with Crippen molar-refractivity contribution in [1.29, 1.82) is 0 Å². The lowest BCUT2D eigenvalue weighted by atomic mass is 9.77. The summed E-state index contributed by atoms with van der Waals surface area (Å²) in [4.78, 5) is 11.0. The summed E-state index contributed by atoms with van der Waals surface area (Å²) in [5, 5.41) is 0. The molecule has 0 aromatic heterocycles. The van der Waals surface area contributed by atoms with E-state index in [1.165, 1.54) is 0 Å². The predicted molar refractivity (Wildman–Crippen MR) is 55.3 cm³/mol. The third-order valence-electron chi connectivity index (χ3n) is 3.94. The number of alkyl halides is 3. The fraction of sp³-hybridized carbons (Fsp3) is 0.917. The zero-order chi connectivity index (χ0) is 12.5. The molecule has 0 amide bonds. The number of rotatable bonds is 1. The highest BCUT2D eigenvalue weighted by Gasteiger charge is 2.48. The number of esters is 1. The van der Waals surface area contributed by atoms with Crippen molar-refractivity contribution in [2.45, 2.75) is 63.1 Å². The highest BCUT2D eigenvalue weighted by Crippen LogP contribution is 2.44. The summed E-state index contributed by atoms with van der Waals surface area (Å²) in [5.74, 6) is -1.58. The van der Waals surface area contributed by atoms with E-state index in [-0.39, 0.29) is 0 Å². The van der Waals surface area contributed by atoms with Gasteiger partial charge in [0.05, 0.1) is 0 Å². The predicted octanol–water partition coefficient (Wildman–Crippen LogP) is 3.59. The van der Waals surface area contributed by atoms with Crippen LogP contribution in [-0.4, -0.2) is 17.7 Å². The Balaban J connectivity index is 2.08. The molecule has 2 bridgehead atoms. The maximum Gasteiger partial charge on any atom is 0.490 e. The van der Waals surface area contributed by atoms with Gasteiger partial charge in [0.15, 0.2) is 0 Å². The SMILES string of the molecule is O=C(OC12CCCCC(CCC1)C2)C(F)(F)F. The lowest BCUT2D eigenvalue weighted by Crippen LogP contribution is -2.42. The third-order valence-corrected chi connectivity index (χ3v) is 3.94. The Morgan fingerprint density at radius 1 is 1.12 bits per heavy atom. The molecular weight excluding hydrogens is 233 g/mol. The average Bonchev–Trinajstić information content (AvgIpc) is 2.36. The quantitative estimate of drug-likeness (QED) is 0.665. The molecule has 0 heterocycles. The van der Waals surface area contributed by atoms with Crippen LogP contribution < -0.4 is 0 Å². The van der Waals surface area contributed by atoms with Gasteiger partial charge < -0.3 is 4.74 Å². The molecule has 2 atom stereocenters. The molecule has 98 valence electrons. The summed E-state index contributed by atoms with van der Waals surface area (Å²) < 4.78 is 41.6. The molecule has 0 aromatic carbocycles. The van der Waals surface area contributed by atoms with Crippen LogP contribution in [0.25, 0.3) is 0 Å². The molecule has 0 aliphatic heterocycles. The number of fused-ring (bicyclic) bond motifs is 2. The van der Waals surface area contributed by atoms with E-state index in [2.05, 4.69) is 0 Å². The minimum absolute atomic E-state index is 0.437. The zero-order valence-electron chi connectivity index (χ0n) is 9.68. The first-order valence-electron chi connectivity index (χ1n) is 6.21. The minimum Gasteiger partial charge on any atom is -0.452 e. The van der Waals surface area contributed by atoms with E-state index < -0.39 is 17.7 Å². The Morgan fingerprint density at radius 3 is 2.47 bits per heavy atom. The van der Waals surface area contributed by atoms with Crippen molar-refractivity contribution in [1.82, 2.24) is 0 Å². The van der Waals surface area contributed by atoms with Crippen LogP contribution in [0.1, 0.15) is 51.4 Å². The van der Waals surface area contributed by atoms with E-state index in [1.54, 1.807) is 0 Å². The second-order valence-electron chi connectivity index (χ2n) is 5.28. The first-order chi connectivity index (χ1) is 7.91. The lowest BCUT2D eigenvalue weighted by molar-refractivity contribution is -0.218. The molecule has 2 aliphatic rings. The van der Waals surface area contributed by atoms with E-state index >= 15 is 0 Å². The highest BCUT2D eigenvalue weighted by atomic mass is 19.4. The smallest absolute Gasteiger partial charge is 0.452 e. The number of carbonyl (C=O) groups excluding carboxylic acids is 1. The van der Waals surface area contributed by atoms with E-state index in [1.807, 2.05) is 0 Å². The number of hydrogen-bond acceptors (Lipinski definition) is 2. The molecule has 2 fully saturated rings. The van der Waals surface area contributed by atoms with E-state index in [4.69, 9.17) is 4.74 Å². The molecule has 2 unspecified atom stereocenters. The van der Waals surface area contributed by atoms with Crippen LogP contribution in [0.15, 0.2) is 0 Å². The average molecular weight is 250 g/mol. The summed E-state index contributed by atoms with van der Waals surface area (Å²) >= 11 is 0. The molecule has 0 spiro atoms. The van der Waals surface area contributed by atoms with E-state index in [0.717, 1.165) is 32.1 Å². The summed E-state index contributed by atoms with van der Waals surface area (Å²) in [7, 11) is 0. The van der Waals surface area contributed by atoms with Crippen LogP contribution in [0.5, 0.6) is 0 Å². The standard InChI is InChI=1S/C12H17F3O2/c13-12(14,15)10(16)17-11-6-2-1-4-9(8-11)5-3-7-11/h9H,1-8H2. The van der Waals surface area contributed by atoms with Crippen LogP contribution in [0.2, 0.25) is 0 Å². The van der Waals surface area contributed by atoms with Crippen molar-refractivity contribution in [3.05, 3.63) is 0 Å². The van der Waals surface area contributed by atoms with Gasteiger partial charge in [-0.1, -0.05) is 19.3 Å². The minimum atomic E-state index is -4.87. The van der Waals surface area contributed by atoms with Gasteiger partial charge in [0.2, 0.25) is 0 Å². The van der Waals surface area contributed by atoms with E-state index in [9.17, 15) is 18.0 Å². The topological polar surface area (TPSA) is 26.3 Å². The van der Waals surface area contributed by atoms with Gasteiger partial charge in [-0.05, 0) is 38.0 Å². The zero-order valence-corrected chi connectivity index (χ0v) is 9.68. The van der Waals surface area contributed by atoms with Gasteiger partial charge in [-0.3, -0.25) is 0 Å². The van der Waals surface area contributed by atoms with Crippen molar-refractivity contribution in [2.75, 3.05) is 0 Å². The van der Waals surface area contributed by atoms with Gasteiger partial charge >= 0.3 is 12.1 Å². The first-order valence-corrected chi connectivity index (χ1v) is 6.21. The van der Waals surface area contributed by atoms with Gasteiger partial charge in [0.1, 0.15) is 5.60 Å². The summed E-state index contributed by atoms with van der Waals surface area (Å²) in [6.45, 7) is 0. The second kappa shape index (κ2) is 4.50. The number of ether oxygens (including phenoxy) is 1. The van der Waals surface area contributed by atoms with Crippen molar-refractivity contribution in [2.24, 2.45) is 5.92 Å². The molecule has 2 aliphatic carbocycles. The van der Waals surface area contributed by atoms with Crippen molar-refractivity contribution >= 4 is 5.97 Å². The first kappa shape index (κ1) is 12.7. The fourth-order valence-corrected chi connectivity index (χ4v) is 3.20. The molecule has 0 N–H and O–H groups in total. The Kier molecular flexibility index (Phi) is 3.36. The molecule has 0 aromatic rings. The summed E-state index contributed by atoms with van der Waals surface area (Å²) in [5.41, 5.74) is -0.827. The largest absolute Gasteiger partial charge is 0.490 e. The van der Waals surface area contributed by atoms with Crippen LogP contribution in [0.3, 0.4) is 0 Å². The molecule has 5 heteroatoms. The molecule has 0 saturated heterocycles. The maximum atomic E-state index is 12.3. The van der Waals surface area contributed by atoms with Crippen LogP contribution in [0, 0.1) is 5.92 Å². The molecule has 0 radical (unpaired) electrons. The van der Waals surface area contributed by atoms with Crippen molar-refractivity contribution in [3.63, 3.8) is 0 Å². The monoisotopic (exact) mass is 250 g/mol. The lowest BCUT2D eigenvalue weighted by Gasteiger charge is -2.38. The number of hydrogen-bond donors (Lipinski definition) is 0. The molecular formula is C12H17F3O2. The number of halogens is 3. The van der Waals surface area contributed by atoms with Gasteiger partial charge in [-0.25, -0.2) is 4.79 Å². The normalized spacial score (nSPS) is 33.9. The Hall–Kier alpha value is -0.740. The van der Waals surface area contributed by atoms with Crippen LogP contribution >= 0.6 is 0 Å². The van der Waals surface area contributed by atoms with Crippen LogP contribution in [-0.2, 0) is 9.53 Å². The van der Waals surface area contributed by atoms with Gasteiger partial charge in [-0.2, -0.15) is 13.2 Å². The molecule has 17 heavy (non-hydrogen) atoms. The van der Waals surface area contributed by atoms with Gasteiger partial charge in [0.25, 0.3) is 0 Å². The second-order valence-corrected chi connectivity index (χ2v) is 5.28. The Bertz CT molecular complexity index is 301. The molecule has 2 rings (SSSR count). The summed E-state index contributed by atoms with van der Waals surface area (Å²) in [6, 6.07) is 0. The van der Waals surface area contributed by atoms with E-state index in [0.29, 0.717) is 25.2 Å². The van der Waals surface area contributed by atoms with Gasteiger partial charge in [0, 0.05) is 0 Å².